The van der Waals surface area contributed by atoms with E-state index in [2.05, 4.69) is 10.3 Å². The van der Waals surface area contributed by atoms with E-state index in [-0.39, 0.29) is 19.0 Å². The summed E-state index contributed by atoms with van der Waals surface area (Å²) in [6.07, 6.45) is -0.765. The van der Waals surface area contributed by atoms with Crippen LogP contribution in [0.2, 0.25) is 0 Å². The number of benzene rings is 2. The first-order valence-electron chi connectivity index (χ1n) is 12.6. The van der Waals surface area contributed by atoms with E-state index in [0.29, 0.717) is 23.7 Å². The molecular weight excluding hydrogens is 504 g/mol. The van der Waals surface area contributed by atoms with Crippen LogP contribution in [0.3, 0.4) is 0 Å². The van der Waals surface area contributed by atoms with Crippen LogP contribution in [0.1, 0.15) is 44.4 Å². The third-order valence-electron chi connectivity index (χ3n) is 5.66. The molecule has 0 fully saturated rings. The summed E-state index contributed by atoms with van der Waals surface area (Å²) in [5.74, 6) is -0.216. The largest absolute Gasteiger partial charge is 0.444 e. The number of carbonyl (C=O) groups is 2. The number of fused-ring (bicyclic) bond motifs is 1. The van der Waals surface area contributed by atoms with Gasteiger partial charge in [0.2, 0.25) is 5.91 Å². The molecule has 1 aromatic heterocycles. The van der Waals surface area contributed by atoms with Crippen molar-refractivity contribution in [3.8, 4) is 0 Å². The Balaban J connectivity index is 1.84. The van der Waals surface area contributed by atoms with Gasteiger partial charge in [0.1, 0.15) is 5.60 Å². The molecule has 38 heavy (non-hydrogen) atoms. The highest BCUT2D eigenvalue weighted by molar-refractivity contribution is 7.22. The van der Waals surface area contributed by atoms with Gasteiger partial charge in [-0.1, -0.05) is 53.3 Å². The fourth-order valence-corrected chi connectivity index (χ4v) is 4.78. The predicted octanol–water partition coefficient (Wildman–Crippen LogP) is 4.86. The fourth-order valence-electron chi connectivity index (χ4n) is 3.88. The molecule has 0 aliphatic rings. The van der Waals surface area contributed by atoms with Crippen molar-refractivity contribution in [1.29, 1.82) is 0 Å². The Kier molecular flexibility index (Phi) is 10.2. The molecule has 206 valence electrons. The number of amides is 2. The van der Waals surface area contributed by atoms with Crippen LogP contribution in [0, 0.1) is 6.92 Å². The summed E-state index contributed by atoms with van der Waals surface area (Å²) in [4.78, 5) is 32.1. The quantitative estimate of drug-likeness (QED) is 0.333. The van der Waals surface area contributed by atoms with Crippen LogP contribution in [0.5, 0.6) is 0 Å². The Morgan fingerprint density at radius 2 is 1.87 bits per heavy atom. The molecule has 0 saturated heterocycles. The lowest BCUT2D eigenvalue weighted by atomic mass is 10.0. The Bertz CT molecular complexity index is 1220. The van der Waals surface area contributed by atoms with Gasteiger partial charge in [-0.3, -0.25) is 10.1 Å². The van der Waals surface area contributed by atoms with Gasteiger partial charge in [0, 0.05) is 20.3 Å². The third kappa shape index (κ3) is 8.49. The lowest BCUT2D eigenvalue weighted by molar-refractivity contribution is -0.153. The molecule has 2 atom stereocenters. The van der Waals surface area contributed by atoms with E-state index in [4.69, 9.17) is 19.9 Å². The number of ether oxygens (including phenoxy) is 3. The number of nitrogens with zero attached hydrogens (tertiary/aromatic N) is 2. The maximum Gasteiger partial charge on any atom is 0.413 e. The maximum atomic E-state index is 13.6. The number of carbonyl (C=O) groups excluding carboxylic acids is 2. The number of para-hydroxylation sites is 1. The monoisotopic (exact) mass is 542 g/mol. The predicted molar refractivity (Wildman–Crippen MR) is 150 cm³/mol. The van der Waals surface area contributed by atoms with Crippen LogP contribution in [-0.4, -0.2) is 60.1 Å². The Labute approximate surface area is 228 Å². The SMILES string of the molecule is CCOC(CN(Cc1cccc2sc(NC(=O)OC(C)(C)C)nc12)C(=O)[C@@H](N)Cc1ccc(C)cc1)OC. The molecule has 10 heteroatoms. The summed E-state index contributed by atoms with van der Waals surface area (Å²) in [5.41, 5.74) is 9.43. The van der Waals surface area contributed by atoms with Crippen molar-refractivity contribution in [3.05, 3.63) is 59.2 Å². The number of nitrogens with one attached hydrogen (secondary N) is 1. The van der Waals surface area contributed by atoms with Gasteiger partial charge in [-0.2, -0.15) is 0 Å². The molecule has 1 heterocycles. The summed E-state index contributed by atoms with van der Waals surface area (Å²) in [5, 5.41) is 3.12. The van der Waals surface area contributed by atoms with E-state index in [9.17, 15) is 9.59 Å². The molecule has 3 N–H and O–H groups in total. The van der Waals surface area contributed by atoms with Crippen LogP contribution in [0.15, 0.2) is 42.5 Å². The zero-order valence-corrected chi connectivity index (χ0v) is 23.8. The lowest BCUT2D eigenvalue weighted by Gasteiger charge is -2.29. The van der Waals surface area contributed by atoms with Crippen LogP contribution in [0.25, 0.3) is 10.2 Å². The van der Waals surface area contributed by atoms with Crippen molar-refractivity contribution >= 4 is 38.7 Å². The van der Waals surface area contributed by atoms with Crippen molar-refractivity contribution in [2.24, 2.45) is 5.73 Å². The second-order valence-corrected chi connectivity index (χ2v) is 11.1. The molecule has 2 amide bonds. The number of thiazole rings is 1. The number of aryl methyl sites for hydroxylation is 1. The molecule has 0 aliphatic heterocycles. The molecule has 2 aromatic carbocycles. The topological polar surface area (TPSA) is 116 Å². The van der Waals surface area contributed by atoms with Gasteiger partial charge in [-0.05, 0) is 58.2 Å². The highest BCUT2D eigenvalue weighted by Crippen LogP contribution is 2.29. The van der Waals surface area contributed by atoms with Gasteiger partial charge in [-0.25, -0.2) is 9.78 Å². The van der Waals surface area contributed by atoms with Crippen molar-refractivity contribution in [1.82, 2.24) is 9.88 Å². The van der Waals surface area contributed by atoms with Crippen LogP contribution in [-0.2, 0) is 32.0 Å². The Morgan fingerprint density at radius 1 is 1.16 bits per heavy atom. The summed E-state index contributed by atoms with van der Waals surface area (Å²) in [7, 11) is 1.55. The lowest BCUT2D eigenvalue weighted by Crippen LogP contribution is -2.48. The molecule has 3 aromatic rings. The number of nitrogens with two attached hydrogens (primary N) is 1. The van der Waals surface area contributed by atoms with Crippen molar-refractivity contribution < 1.29 is 23.8 Å². The van der Waals surface area contributed by atoms with Gasteiger partial charge in [0.05, 0.1) is 22.8 Å². The summed E-state index contributed by atoms with van der Waals surface area (Å²) >= 11 is 1.34. The summed E-state index contributed by atoms with van der Waals surface area (Å²) < 4.78 is 17.3. The first-order valence-corrected chi connectivity index (χ1v) is 13.4. The van der Waals surface area contributed by atoms with E-state index in [1.54, 1.807) is 32.8 Å². The minimum atomic E-state index is -0.740. The highest BCUT2D eigenvalue weighted by Gasteiger charge is 2.26. The number of anilines is 1. The third-order valence-corrected chi connectivity index (χ3v) is 6.60. The van der Waals surface area contributed by atoms with Crippen molar-refractivity contribution in [3.63, 3.8) is 0 Å². The van der Waals surface area contributed by atoms with Crippen LogP contribution in [0.4, 0.5) is 9.93 Å². The number of aromatic nitrogens is 1. The average molecular weight is 543 g/mol. The first kappa shape index (κ1) is 29.5. The highest BCUT2D eigenvalue weighted by atomic mass is 32.1. The second kappa shape index (κ2) is 13.1. The molecule has 0 bridgehead atoms. The van der Waals surface area contributed by atoms with Crippen molar-refractivity contribution in [2.45, 2.75) is 65.5 Å². The molecule has 0 radical (unpaired) electrons. The van der Waals surface area contributed by atoms with Crippen LogP contribution >= 0.6 is 11.3 Å². The van der Waals surface area contributed by atoms with Gasteiger partial charge in [0.25, 0.3) is 0 Å². The Morgan fingerprint density at radius 3 is 2.50 bits per heavy atom. The standard InChI is InChI=1S/C28H38N4O5S/c1-7-36-23(35-6)17-32(25(33)21(29)15-19-13-11-18(2)12-14-19)16-20-9-8-10-22-24(20)30-26(38-22)31-27(34)37-28(3,4)5/h8-14,21,23H,7,15-17,29H2,1-6H3,(H,30,31,34)/t21-,23?/m0/s1. The molecule has 3 rings (SSSR count). The number of hydrogen-bond acceptors (Lipinski definition) is 8. The summed E-state index contributed by atoms with van der Waals surface area (Å²) in [6, 6.07) is 13.0. The molecule has 0 aliphatic carbocycles. The maximum absolute atomic E-state index is 13.6. The molecular formula is C28H38N4O5S. The molecule has 0 spiro atoms. The summed E-state index contributed by atoms with van der Waals surface area (Å²) in [6.45, 7) is 10.2. The van der Waals surface area contributed by atoms with E-state index < -0.39 is 24.0 Å². The number of hydrogen-bond donors (Lipinski definition) is 2. The first-order chi connectivity index (χ1) is 18.0. The smallest absolute Gasteiger partial charge is 0.413 e. The zero-order valence-electron chi connectivity index (χ0n) is 22.9. The van der Waals surface area contributed by atoms with Gasteiger partial charge in [-0.15, -0.1) is 0 Å². The normalized spacial score (nSPS) is 13.2. The average Bonchev–Trinajstić information content (AvgIpc) is 3.26. The van der Waals surface area contributed by atoms with Gasteiger partial charge < -0.3 is 24.8 Å². The van der Waals surface area contributed by atoms with Gasteiger partial charge in [0.15, 0.2) is 11.4 Å². The van der Waals surface area contributed by atoms with E-state index in [1.807, 2.05) is 56.3 Å². The van der Waals surface area contributed by atoms with Gasteiger partial charge >= 0.3 is 6.09 Å². The Hall–Kier alpha value is -3.05. The molecule has 0 saturated carbocycles. The number of rotatable bonds is 11. The van der Waals surface area contributed by atoms with E-state index in [0.717, 1.165) is 21.4 Å². The van der Waals surface area contributed by atoms with Crippen LogP contribution < -0.4 is 11.1 Å². The molecule has 9 nitrogen and oxygen atoms in total. The van der Waals surface area contributed by atoms with Crippen molar-refractivity contribution in [2.75, 3.05) is 25.6 Å². The van der Waals surface area contributed by atoms with E-state index >= 15 is 0 Å². The fraction of sp³-hybridized carbons (Fsp3) is 0.464. The van der Waals surface area contributed by atoms with E-state index in [1.165, 1.54) is 11.3 Å². The minimum absolute atomic E-state index is 0.203. The minimum Gasteiger partial charge on any atom is -0.444 e. The molecule has 1 unspecified atom stereocenters. The zero-order chi connectivity index (χ0) is 27.9. The second-order valence-electron chi connectivity index (χ2n) is 10.0. The number of methoxy groups -OCH3 is 1.